The number of imidazole rings is 2. The molecule has 0 saturated heterocycles. The fraction of sp³-hybridized carbons (Fsp3) is 0.0741. The maximum Gasteiger partial charge on any atom is 0.133 e. The van der Waals surface area contributed by atoms with Crippen molar-refractivity contribution in [2.45, 2.75) is 25.7 Å². The van der Waals surface area contributed by atoms with Crippen LogP contribution in [0.5, 0.6) is 0 Å². The number of hydrogen-bond donors (Lipinski definition) is 2. The van der Waals surface area contributed by atoms with Crippen LogP contribution in [0, 0.1) is 34.3 Å². The number of nitriles is 2. The average Bonchev–Trinajstić information content (AvgIpc) is 4.19. The van der Waals surface area contributed by atoms with E-state index in [1.165, 1.54) is 12.1 Å². The Morgan fingerprint density at radius 1 is 0.485 bits per heavy atom. The van der Waals surface area contributed by atoms with Gasteiger partial charge in [-0.05, 0) is 119 Å². The first-order valence-corrected chi connectivity index (χ1v) is 21.4. The van der Waals surface area contributed by atoms with E-state index in [9.17, 15) is 0 Å². The normalized spacial score (nSPS) is 11.4. The number of fused-ring (bicyclic) bond motifs is 8. The van der Waals surface area contributed by atoms with Crippen LogP contribution in [0.2, 0.25) is 0 Å². The summed E-state index contributed by atoms with van der Waals surface area (Å²) in [5.41, 5.74) is 13.2. The van der Waals surface area contributed by atoms with E-state index in [4.69, 9.17) is 10.5 Å². The number of halogens is 2. The molecular weight excluding hydrogens is 827 g/mol. The van der Waals surface area contributed by atoms with Crippen LogP contribution in [0.3, 0.4) is 0 Å². The molecule has 12 heteroatoms. The Morgan fingerprint density at radius 2 is 0.924 bits per heavy atom. The van der Waals surface area contributed by atoms with Crippen molar-refractivity contribution >= 4 is 65.7 Å². The summed E-state index contributed by atoms with van der Waals surface area (Å²) in [6.45, 7) is 0. The molecule has 0 aliphatic rings. The molecule has 0 radical (unpaired) electrons. The molecule has 12 aromatic rings. The van der Waals surface area contributed by atoms with Crippen LogP contribution in [0.15, 0.2) is 159 Å². The van der Waals surface area contributed by atoms with Gasteiger partial charge in [-0.3, -0.25) is 19.1 Å². The second-order valence-corrected chi connectivity index (χ2v) is 16.1. The van der Waals surface area contributed by atoms with E-state index in [0.29, 0.717) is 35.0 Å². The predicted octanol–water partition coefficient (Wildman–Crippen LogP) is 12.6. The smallest absolute Gasteiger partial charge is 0.133 e. The number of rotatable bonds is 8. The molecular formula is C54H36F2N10. The minimum atomic E-state index is -0.308. The fourth-order valence-corrected chi connectivity index (χ4v) is 8.75. The van der Waals surface area contributed by atoms with Crippen LogP contribution < -0.4 is 0 Å². The van der Waals surface area contributed by atoms with Crippen molar-refractivity contribution in [1.29, 1.82) is 10.5 Å². The SMILES string of the molecule is N#CCCc1ccc(-n2cnc3cnc4cc(F)c(-c5ccc6[nH]ccc6c5)cc4c32)cc1.N#CCCc1ccc(-n2cnc3cnc4cc(F)c(-c5ccc6[nH]ccc6c5)cc4c32)cc1. The molecule has 66 heavy (non-hydrogen) atoms. The Kier molecular flexibility index (Phi) is 10.0. The number of nitrogens with one attached hydrogen (secondary N) is 2. The second-order valence-electron chi connectivity index (χ2n) is 16.1. The Bertz CT molecular complexity index is 3630. The monoisotopic (exact) mass is 862 g/mol. The van der Waals surface area contributed by atoms with Crippen molar-refractivity contribution in [3.63, 3.8) is 0 Å². The van der Waals surface area contributed by atoms with E-state index >= 15 is 8.78 Å². The summed E-state index contributed by atoms with van der Waals surface area (Å²) in [6.07, 6.45) is 13.1. The van der Waals surface area contributed by atoms with Crippen LogP contribution >= 0.6 is 0 Å². The highest BCUT2D eigenvalue weighted by molar-refractivity contribution is 6.06. The van der Waals surface area contributed by atoms with Gasteiger partial charge in [0.25, 0.3) is 0 Å². The van der Waals surface area contributed by atoms with Gasteiger partial charge < -0.3 is 9.97 Å². The summed E-state index contributed by atoms with van der Waals surface area (Å²) in [6, 6.07) is 43.0. The summed E-state index contributed by atoms with van der Waals surface area (Å²) in [4.78, 5) is 24.3. The molecule has 2 N–H and O–H groups in total. The van der Waals surface area contributed by atoms with Gasteiger partial charge in [0.05, 0.1) is 46.6 Å². The first-order valence-electron chi connectivity index (χ1n) is 21.4. The number of aromatic amines is 2. The van der Waals surface area contributed by atoms with E-state index in [1.54, 1.807) is 25.0 Å². The summed E-state index contributed by atoms with van der Waals surface area (Å²) < 4.78 is 34.3. The van der Waals surface area contributed by atoms with Crippen LogP contribution in [-0.2, 0) is 12.8 Å². The maximum atomic E-state index is 15.1. The Hall–Kier alpha value is -9.00. The number of H-pyrrole nitrogens is 2. The third kappa shape index (κ3) is 7.22. The number of hydrogen-bond acceptors (Lipinski definition) is 6. The summed E-state index contributed by atoms with van der Waals surface area (Å²) in [5, 5.41) is 21.4. The molecule has 0 atom stereocenters. The number of benzene rings is 6. The van der Waals surface area contributed by atoms with Crippen molar-refractivity contribution in [2.75, 3.05) is 0 Å². The van der Waals surface area contributed by atoms with E-state index in [1.807, 2.05) is 131 Å². The van der Waals surface area contributed by atoms with Gasteiger partial charge in [-0.2, -0.15) is 10.5 Å². The number of pyridine rings is 2. The Morgan fingerprint density at radius 3 is 1.35 bits per heavy atom. The summed E-state index contributed by atoms with van der Waals surface area (Å²) in [7, 11) is 0. The third-order valence-corrected chi connectivity index (χ3v) is 12.1. The van der Waals surface area contributed by atoms with Crippen molar-refractivity contribution in [1.82, 2.24) is 39.0 Å². The van der Waals surface area contributed by atoms with Crippen molar-refractivity contribution in [2.24, 2.45) is 0 Å². The van der Waals surface area contributed by atoms with Crippen LogP contribution in [0.1, 0.15) is 24.0 Å². The number of nitrogens with zero attached hydrogens (tertiary/aromatic N) is 8. The lowest BCUT2D eigenvalue weighted by Crippen LogP contribution is -1.95. The number of aryl methyl sites for hydroxylation is 2. The van der Waals surface area contributed by atoms with Gasteiger partial charge in [-0.1, -0.05) is 36.4 Å². The molecule has 0 unspecified atom stereocenters. The van der Waals surface area contributed by atoms with Gasteiger partial charge >= 0.3 is 0 Å². The fourth-order valence-electron chi connectivity index (χ4n) is 8.75. The highest BCUT2D eigenvalue weighted by atomic mass is 19.1. The first-order chi connectivity index (χ1) is 32.4. The van der Waals surface area contributed by atoms with Gasteiger partial charge in [0.1, 0.15) is 35.3 Å². The van der Waals surface area contributed by atoms with Crippen LogP contribution in [0.4, 0.5) is 8.78 Å². The first kappa shape index (κ1) is 39.8. The van der Waals surface area contributed by atoms with Crippen LogP contribution in [-0.4, -0.2) is 39.0 Å². The maximum absolute atomic E-state index is 15.1. The summed E-state index contributed by atoms with van der Waals surface area (Å²) >= 11 is 0. The molecule has 0 aliphatic carbocycles. The molecule has 316 valence electrons. The highest BCUT2D eigenvalue weighted by Gasteiger charge is 2.17. The zero-order chi connectivity index (χ0) is 44.7. The zero-order valence-corrected chi connectivity index (χ0v) is 35.2. The Balaban J connectivity index is 0.000000146. The molecule has 0 aliphatic heterocycles. The molecule has 0 saturated carbocycles. The van der Waals surface area contributed by atoms with Gasteiger partial charge in [0, 0.05) is 81.7 Å². The average molecular weight is 863 g/mol. The minimum Gasteiger partial charge on any atom is -0.361 e. The van der Waals surface area contributed by atoms with E-state index in [0.717, 1.165) is 101 Å². The van der Waals surface area contributed by atoms with Crippen molar-refractivity contribution < 1.29 is 8.78 Å². The van der Waals surface area contributed by atoms with Gasteiger partial charge in [0.2, 0.25) is 0 Å². The third-order valence-electron chi connectivity index (χ3n) is 12.1. The van der Waals surface area contributed by atoms with Gasteiger partial charge in [-0.15, -0.1) is 0 Å². The predicted molar refractivity (Wildman–Crippen MR) is 255 cm³/mol. The van der Waals surface area contributed by atoms with E-state index in [2.05, 4.69) is 42.0 Å². The Labute approximate surface area is 375 Å². The lowest BCUT2D eigenvalue weighted by Gasteiger charge is -2.10. The molecule has 10 nitrogen and oxygen atoms in total. The van der Waals surface area contributed by atoms with Crippen molar-refractivity contribution in [3.05, 3.63) is 182 Å². The molecule has 6 aromatic heterocycles. The quantitative estimate of drug-likeness (QED) is 0.156. The van der Waals surface area contributed by atoms with Crippen molar-refractivity contribution in [3.8, 4) is 45.8 Å². The highest BCUT2D eigenvalue weighted by Crippen LogP contribution is 2.35. The number of aromatic nitrogens is 8. The van der Waals surface area contributed by atoms with E-state index in [-0.39, 0.29) is 11.6 Å². The van der Waals surface area contributed by atoms with Gasteiger partial charge in [0.15, 0.2) is 0 Å². The van der Waals surface area contributed by atoms with Crippen LogP contribution in [0.25, 0.3) is 99.3 Å². The topological polar surface area (TPSA) is 141 Å². The minimum absolute atomic E-state index is 0.308. The lowest BCUT2D eigenvalue weighted by atomic mass is 10.0. The van der Waals surface area contributed by atoms with Gasteiger partial charge in [-0.25, -0.2) is 18.7 Å². The molecule has 6 heterocycles. The molecule has 0 amide bonds. The largest absolute Gasteiger partial charge is 0.361 e. The molecule has 12 rings (SSSR count). The molecule has 0 bridgehead atoms. The molecule has 0 spiro atoms. The molecule has 6 aromatic carbocycles. The zero-order valence-electron chi connectivity index (χ0n) is 35.2. The second kappa shape index (κ2) is 16.6. The van der Waals surface area contributed by atoms with E-state index < -0.39 is 0 Å². The molecule has 0 fully saturated rings. The standard InChI is InChI=1S/2C27H18FN5/c2*28-23-14-25-22(13-21(23)18-5-8-24-19(12-18)9-11-30-24)27-26(15-31-25)32-16-33(27)20-6-3-17(4-7-20)2-1-10-29/h2*3-9,11-16,30H,1-2H2. The lowest BCUT2D eigenvalue weighted by molar-refractivity contribution is 0.632. The summed E-state index contributed by atoms with van der Waals surface area (Å²) in [5.74, 6) is -0.616.